The number of carbonyl (C=O) groups excluding carboxylic acids is 1. The van der Waals surface area contributed by atoms with Crippen LogP contribution in [0.2, 0.25) is 36.3 Å². The fraction of sp³-hybridized carbons (Fsp3) is 0.632. The van der Waals surface area contributed by atoms with Crippen molar-refractivity contribution in [3.63, 3.8) is 0 Å². The van der Waals surface area contributed by atoms with Crippen LogP contribution in [0.25, 0.3) is 0 Å². The molecule has 0 N–H and O–H groups in total. The lowest BCUT2D eigenvalue weighted by atomic mass is 9.95. The number of esters is 1. The van der Waals surface area contributed by atoms with E-state index in [2.05, 4.69) is 106 Å². The van der Waals surface area contributed by atoms with E-state index >= 15 is 0 Å². The van der Waals surface area contributed by atoms with Gasteiger partial charge < -0.3 is 51.1 Å². The lowest BCUT2D eigenvalue weighted by Gasteiger charge is -2.39. The summed E-state index contributed by atoms with van der Waals surface area (Å²) in [5, 5.41) is 0.199. The molecule has 73 heavy (non-hydrogen) atoms. The summed E-state index contributed by atoms with van der Waals surface area (Å²) < 4.78 is 80.3. The third-order valence-corrected chi connectivity index (χ3v) is 24.8. The number of hydrogen-bond donors (Lipinski definition) is 0. The van der Waals surface area contributed by atoms with E-state index in [4.69, 9.17) is 51.1 Å². The van der Waals surface area contributed by atoms with Crippen molar-refractivity contribution in [3.05, 3.63) is 101 Å². The fourth-order valence-electron chi connectivity index (χ4n) is 7.66. The minimum atomic E-state index is -3.79. The molecule has 0 spiro atoms. The molecular formula is C57H93O13PSi2. The van der Waals surface area contributed by atoms with Crippen molar-refractivity contribution in [2.75, 3.05) is 53.9 Å². The van der Waals surface area contributed by atoms with Crippen LogP contribution in [0.4, 0.5) is 0 Å². The highest BCUT2D eigenvalue weighted by atomic mass is 31.2. The van der Waals surface area contributed by atoms with Crippen molar-refractivity contribution in [1.82, 2.24) is 0 Å². The zero-order chi connectivity index (χ0) is 54.6. The van der Waals surface area contributed by atoms with E-state index in [1.807, 2.05) is 49.4 Å². The van der Waals surface area contributed by atoms with Gasteiger partial charge in [-0.05, 0) is 125 Å². The second-order valence-corrected chi connectivity index (χ2v) is 33.7. The number of carbonyl (C=O) groups is 1. The molecule has 0 amide bonds. The molecule has 2 aromatic rings. The summed E-state index contributed by atoms with van der Waals surface area (Å²) in [5.74, 6) is 1.15. The van der Waals surface area contributed by atoms with Crippen LogP contribution in [0.5, 0.6) is 17.2 Å². The predicted molar refractivity (Wildman–Crippen MR) is 299 cm³/mol. The number of methoxy groups -OCH3 is 3. The molecule has 1 aliphatic heterocycles. The van der Waals surface area contributed by atoms with E-state index in [1.165, 1.54) is 5.57 Å². The van der Waals surface area contributed by atoms with Crippen molar-refractivity contribution in [3.8, 4) is 17.2 Å². The minimum Gasteiger partial charge on any atom is -0.497 e. The summed E-state index contributed by atoms with van der Waals surface area (Å²) in [6.45, 7) is 36.0. The van der Waals surface area contributed by atoms with Crippen LogP contribution in [0.1, 0.15) is 112 Å². The van der Waals surface area contributed by atoms with Crippen molar-refractivity contribution < 1.29 is 60.4 Å². The lowest BCUT2D eigenvalue weighted by Crippen LogP contribution is -2.43. The van der Waals surface area contributed by atoms with E-state index in [1.54, 1.807) is 35.2 Å². The van der Waals surface area contributed by atoms with Gasteiger partial charge in [0.05, 0.1) is 79.3 Å². The zero-order valence-corrected chi connectivity index (χ0v) is 50.6. The van der Waals surface area contributed by atoms with Crippen LogP contribution in [-0.2, 0) is 59.4 Å². The van der Waals surface area contributed by atoms with Gasteiger partial charge in [0.2, 0.25) is 0 Å². The molecule has 1 saturated heterocycles. The molecule has 0 bridgehead atoms. The Balaban J connectivity index is 1.91. The van der Waals surface area contributed by atoms with E-state index in [9.17, 15) is 9.36 Å². The Bertz CT molecular complexity index is 2150. The van der Waals surface area contributed by atoms with Crippen LogP contribution in [0, 0.1) is 0 Å². The van der Waals surface area contributed by atoms with Crippen LogP contribution in [0.3, 0.4) is 0 Å². The Hall–Kier alpha value is -3.35. The predicted octanol–water partition coefficient (Wildman–Crippen LogP) is 14.1. The van der Waals surface area contributed by atoms with Gasteiger partial charge in [-0.1, -0.05) is 107 Å². The molecule has 1 fully saturated rings. The minimum absolute atomic E-state index is 0.0512. The van der Waals surface area contributed by atoms with Crippen molar-refractivity contribution in [2.24, 2.45) is 0 Å². The molecular weight excluding hydrogens is 980 g/mol. The second-order valence-electron chi connectivity index (χ2n) is 22.1. The summed E-state index contributed by atoms with van der Waals surface area (Å²) >= 11 is 0. The smallest absolute Gasteiger partial charge is 0.341 e. The molecule has 16 heteroatoms. The molecule has 1 aliphatic rings. The summed E-state index contributed by atoms with van der Waals surface area (Å²) in [4.78, 5) is 13.8. The molecule has 2 aromatic carbocycles. The molecule has 0 aliphatic carbocycles. The maximum atomic E-state index is 13.8. The number of ether oxygens (including phenoxy) is 7. The standard InChI is InChI=1S/C57H93O13PSi2/c1-19-65-71(59,66-20-2)41-55(58)69-53(54(64-39-45-24-27-47(60-12)28-25-45)40-63-38-46-26-29-51(61-13)52(37-46)62-14)36-44(5)35-50-34-43(4)33-48(68-50)22-21-23-49(70-73(17,18)57(9,10)11)32-42(3)30-31-67-72(15,16)56(6,7)8/h21,23-30,35,37,48-50,53-54H,4,19-20,22,31-34,36,38-41H2,1-3,5-18H3/b23-21+,42-30-,44-35+/t48-,49+,50-,53+,54+/m1/s1. The second kappa shape index (κ2) is 29.8. The van der Waals surface area contributed by atoms with Crippen LogP contribution in [-0.4, -0.2) is 107 Å². The normalized spacial score (nSPS) is 17.9. The van der Waals surface area contributed by atoms with Crippen LogP contribution in [0.15, 0.2) is 90.1 Å². The maximum Gasteiger partial charge on any atom is 0.341 e. The third-order valence-electron chi connectivity index (χ3n) is 13.9. The third kappa shape index (κ3) is 22.0. The average Bonchev–Trinajstić information content (AvgIpc) is 3.28. The SMILES string of the molecule is C=C1C[C@@H](C/C=C/[C@@H](C/C(C)=C\CO[Si](C)(C)C(C)(C)C)O[Si](C)(C)C(C)(C)C)O[C@@H](/C=C(\C)C[C@H](OC(=O)CP(=O)(OCC)OCC)[C@H](COCc2ccc(OC)c(OC)c2)OCc2ccc(OC)cc2)C1. The van der Waals surface area contributed by atoms with Gasteiger partial charge in [0, 0.05) is 6.42 Å². The van der Waals surface area contributed by atoms with Crippen LogP contribution < -0.4 is 14.2 Å². The topological polar surface area (TPSA) is 136 Å². The first kappa shape index (κ1) is 63.9. The molecule has 13 nitrogen and oxygen atoms in total. The van der Waals surface area contributed by atoms with E-state index in [0.717, 1.165) is 35.1 Å². The Morgan fingerprint density at radius 3 is 2.03 bits per heavy atom. The number of hydrogen-bond acceptors (Lipinski definition) is 13. The Kier molecular flexibility index (Phi) is 26.1. The highest BCUT2D eigenvalue weighted by Gasteiger charge is 2.40. The largest absolute Gasteiger partial charge is 0.497 e. The summed E-state index contributed by atoms with van der Waals surface area (Å²) in [7, 11) is -2.98. The highest BCUT2D eigenvalue weighted by molar-refractivity contribution is 7.54. The molecule has 412 valence electrons. The monoisotopic (exact) mass is 1070 g/mol. The van der Waals surface area contributed by atoms with Gasteiger partial charge >= 0.3 is 13.6 Å². The number of benzene rings is 2. The molecule has 5 atom stereocenters. The van der Waals surface area contributed by atoms with E-state index in [-0.39, 0.29) is 67.8 Å². The molecule has 0 radical (unpaired) electrons. The van der Waals surface area contributed by atoms with Gasteiger partial charge in [0.25, 0.3) is 0 Å². The van der Waals surface area contributed by atoms with Crippen molar-refractivity contribution >= 4 is 30.2 Å². The molecule has 0 saturated carbocycles. The van der Waals surface area contributed by atoms with Crippen molar-refractivity contribution in [1.29, 1.82) is 0 Å². The van der Waals surface area contributed by atoms with Gasteiger partial charge in [-0.15, -0.1) is 0 Å². The molecule has 3 rings (SSSR count). The Labute approximate surface area is 442 Å². The van der Waals surface area contributed by atoms with Gasteiger partial charge in [-0.25, -0.2) is 0 Å². The van der Waals surface area contributed by atoms with Gasteiger partial charge in [-0.3, -0.25) is 9.36 Å². The quantitative estimate of drug-likeness (QED) is 0.0307. The summed E-state index contributed by atoms with van der Waals surface area (Å²) in [6.07, 6.45) is 9.21. The summed E-state index contributed by atoms with van der Waals surface area (Å²) in [6, 6.07) is 13.1. The lowest BCUT2D eigenvalue weighted by molar-refractivity contribution is -0.160. The first-order chi connectivity index (χ1) is 34.2. The van der Waals surface area contributed by atoms with Crippen LogP contribution >= 0.6 is 7.60 Å². The highest BCUT2D eigenvalue weighted by Crippen LogP contribution is 2.48. The fourth-order valence-corrected chi connectivity index (χ4v) is 11.3. The Morgan fingerprint density at radius 1 is 0.808 bits per heavy atom. The summed E-state index contributed by atoms with van der Waals surface area (Å²) in [5.41, 5.74) is 4.98. The van der Waals surface area contributed by atoms with Gasteiger partial charge in [0.1, 0.15) is 24.1 Å². The maximum absolute atomic E-state index is 13.8. The van der Waals surface area contributed by atoms with Crippen molar-refractivity contribution in [2.45, 2.75) is 181 Å². The zero-order valence-electron chi connectivity index (χ0n) is 47.7. The van der Waals surface area contributed by atoms with Gasteiger partial charge in [0.15, 0.2) is 28.1 Å². The molecule has 0 unspecified atom stereocenters. The average molecular weight is 1070 g/mol. The Morgan fingerprint density at radius 2 is 1.44 bits per heavy atom. The molecule has 1 heterocycles. The van der Waals surface area contributed by atoms with E-state index < -0.39 is 48.6 Å². The molecule has 0 aromatic heterocycles. The first-order valence-corrected chi connectivity index (χ1v) is 33.5. The van der Waals surface area contributed by atoms with Gasteiger partial charge in [-0.2, -0.15) is 0 Å². The van der Waals surface area contributed by atoms with E-state index in [0.29, 0.717) is 36.7 Å². The first-order valence-electron chi connectivity index (χ1n) is 25.9. The number of rotatable bonds is 31.